The highest BCUT2D eigenvalue weighted by molar-refractivity contribution is 6.36. The first-order valence-corrected chi connectivity index (χ1v) is 36.8. The number of aromatic amines is 1. The number of anilines is 7. The lowest BCUT2D eigenvalue weighted by atomic mass is 10.2. The number of carbonyl (C=O) groups is 7. The number of halogens is 8. The number of nitro groups is 2. The van der Waals surface area contributed by atoms with Gasteiger partial charge in [0.15, 0.2) is 11.6 Å². The normalized spacial score (nSPS) is 11.9. The molecule has 0 bridgehead atoms. The van der Waals surface area contributed by atoms with E-state index in [1.807, 2.05) is 24.3 Å². The molecule has 45 heteroatoms. The molecule has 121 heavy (non-hydrogen) atoms. The fraction of sp³-hybridized carbons (Fsp3) is 0.184. The summed E-state index contributed by atoms with van der Waals surface area (Å²) < 4.78 is 57.0. The lowest BCUT2D eigenvalue weighted by Crippen LogP contribution is -2.32. The number of benzene rings is 4. The molecule has 0 unspecified atom stereocenters. The van der Waals surface area contributed by atoms with Crippen molar-refractivity contribution in [3.8, 4) is 17.8 Å². The number of amides is 9. The number of hydrogen-bond acceptors (Lipinski definition) is 24. The number of carboxylic acid groups (broad SMARTS) is 1. The van der Waals surface area contributed by atoms with Gasteiger partial charge in [0.25, 0.3) is 40.9 Å². The lowest BCUT2D eigenvalue weighted by Gasteiger charge is -2.16. The van der Waals surface area contributed by atoms with Gasteiger partial charge in [-0.2, -0.15) is 0 Å². The van der Waals surface area contributed by atoms with Crippen molar-refractivity contribution in [2.24, 2.45) is 17.2 Å². The SMILES string of the molecule is N#COc1cc([N+](=O)[O-])ccc1F.NC(=O)c1cnc(Cl)cc1Cl.NC(=O)c1cnc(Cl)cc1NCc1cccnc1.NC(=O)c1cnc(Cl)cc1NCc1cccnc1.Nc1ccc(F)c(NC(=O)N2CCCC2)c1.Nc1ccc(F)c(NC(=O)N2CCCC2)c1.O=C(Nc1cc([N+](=O)[O-])ccc1F)N1CCCC1.O=C(O)c1c[nH]c(=O)cc1O. The van der Waals surface area contributed by atoms with Crippen LogP contribution in [0.3, 0.4) is 0 Å². The molecule has 0 saturated carbocycles. The number of H-pyrrole nitrogens is 1. The Labute approximate surface area is 704 Å². The molecule has 3 saturated heterocycles. The van der Waals surface area contributed by atoms with Crippen LogP contribution in [0, 0.1) is 55.0 Å². The van der Waals surface area contributed by atoms with Crippen LogP contribution in [-0.4, -0.2) is 146 Å². The summed E-state index contributed by atoms with van der Waals surface area (Å²) >= 11 is 22.6. The molecule has 0 atom stereocenters. The molecular weight excluding hydrogens is 1680 g/mol. The number of nitrogens with zero attached hydrogens (tertiary/aromatic N) is 11. The van der Waals surface area contributed by atoms with Crippen molar-refractivity contribution in [1.82, 2.24) is 44.6 Å². The largest absolute Gasteiger partial charge is 0.507 e. The number of nitrogens with one attached hydrogen (secondary N) is 6. The van der Waals surface area contributed by atoms with Crippen molar-refractivity contribution in [3.63, 3.8) is 0 Å². The maximum absolute atomic E-state index is 13.4. The van der Waals surface area contributed by atoms with E-state index < -0.39 is 79.9 Å². The molecule has 3 aliphatic rings. The zero-order valence-corrected chi connectivity index (χ0v) is 66.1. The second-order valence-corrected chi connectivity index (χ2v) is 26.4. The highest BCUT2D eigenvalue weighted by atomic mass is 35.5. The molecule has 0 spiro atoms. The predicted octanol–water partition coefficient (Wildman–Crippen LogP) is 13.0. The average molecular weight is 1750 g/mol. The number of primary amides is 3. The van der Waals surface area contributed by atoms with Gasteiger partial charge >= 0.3 is 24.1 Å². The van der Waals surface area contributed by atoms with Gasteiger partial charge < -0.3 is 89.9 Å². The molecule has 4 aromatic carbocycles. The topological polar surface area (TPSA) is 577 Å². The van der Waals surface area contributed by atoms with Gasteiger partial charge in [-0.25, -0.2) is 51.7 Å². The Morgan fingerprint density at radius 1 is 0.512 bits per heavy atom. The summed E-state index contributed by atoms with van der Waals surface area (Å²) in [6.45, 7) is 5.23. The Morgan fingerprint density at radius 3 is 1.24 bits per heavy atom. The quantitative estimate of drug-likeness (QED) is 0.0107. The summed E-state index contributed by atoms with van der Waals surface area (Å²) in [7, 11) is 0. The second kappa shape index (κ2) is 48.1. The Morgan fingerprint density at radius 2 is 0.884 bits per heavy atom. The molecule has 13 rings (SSSR count). The highest BCUT2D eigenvalue weighted by Gasteiger charge is 2.24. The van der Waals surface area contributed by atoms with Crippen LogP contribution in [0.2, 0.25) is 20.5 Å². The van der Waals surface area contributed by atoms with Crippen molar-refractivity contribution in [3.05, 3.63) is 279 Å². The number of nitrogen functional groups attached to an aromatic ring is 2. The van der Waals surface area contributed by atoms with Gasteiger partial charge in [0.05, 0.1) is 66.1 Å². The minimum atomic E-state index is -1.28. The van der Waals surface area contributed by atoms with Gasteiger partial charge in [-0.05, 0) is 129 Å². The molecule has 37 nitrogen and oxygen atoms in total. The van der Waals surface area contributed by atoms with Crippen molar-refractivity contribution >= 4 is 139 Å². The number of nitro benzene ring substituents is 2. The van der Waals surface area contributed by atoms with Gasteiger partial charge in [0.1, 0.15) is 44.2 Å². The number of pyridine rings is 6. The van der Waals surface area contributed by atoms with E-state index in [-0.39, 0.29) is 61.8 Å². The van der Waals surface area contributed by atoms with Gasteiger partial charge in [-0.3, -0.25) is 49.4 Å². The Balaban J connectivity index is 0.000000216. The van der Waals surface area contributed by atoms with Crippen LogP contribution in [0.4, 0.5) is 83.1 Å². The number of aromatic hydroxyl groups is 1. The number of aromatic nitrogens is 6. The van der Waals surface area contributed by atoms with E-state index in [2.05, 4.69) is 61.2 Å². The number of likely N-dealkylation sites (tertiary alicyclic amines) is 3. The third-order valence-electron chi connectivity index (χ3n) is 16.2. The van der Waals surface area contributed by atoms with E-state index in [4.69, 9.17) is 90.5 Å². The number of nitriles is 1. The zero-order valence-electron chi connectivity index (χ0n) is 63.1. The summed E-state index contributed by atoms with van der Waals surface area (Å²) in [6, 6.07) is 25.9. The van der Waals surface area contributed by atoms with E-state index in [1.165, 1.54) is 67.3 Å². The first-order valence-electron chi connectivity index (χ1n) is 35.2. The van der Waals surface area contributed by atoms with E-state index in [0.717, 1.165) is 124 Å². The average Bonchev–Trinajstić information content (AvgIpc) is 1.25. The van der Waals surface area contributed by atoms with Crippen LogP contribution in [0.1, 0.15) is 91.1 Å². The number of ether oxygens (including phenoxy) is 1. The molecule has 0 radical (unpaired) electrons. The zero-order chi connectivity index (χ0) is 88.8. The summed E-state index contributed by atoms with van der Waals surface area (Å²) in [5.41, 5.74) is 29.9. The van der Waals surface area contributed by atoms with E-state index >= 15 is 0 Å². The summed E-state index contributed by atoms with van der Waals surface area (Å²) in [6.07, 6.45) is 18.9. The van der Waals surface area contributed by atoms with Crippen LogP contribution in [-0.2, 0) is 13.1 Å². The first-order chi connectivity index (χ1) is 57.6. The smallest absolute Gasteiger partial charge is 0.340 e. The molecular formula is C76H74Cl4F4N22O15. The molecule has 3 aliphatic heterocycles. The minimum Gasteiger partial charge on any atom is -0.507 e. The van der Waals surface area contributed by atoms with Crippen molar-refractivity contribution < 1.29 is 75.9 Å². The molecule has 9 amide bonds. The number of non-ortho nitro benzene ring substituents is 2. The standard InChI is InChI=1S/2C12H11ClN4O.C11H12FN3O3.2C11H14FN3O.C7H3FN2O3.C6H4Cl2N2O.C6H5NO4/c2*13-11-4-10(9(7-17-11)12(14)18)16-6-8-2-1-3-15-5-8;12-9-4-3-8(15(17)18)7-10(9)13-11(16)14-5-1-2-6-14;2*12-9-4-3-8(13)7-10(9)14-11(16)15-5-1-2-6-15;8-6-2-1-5(10(11)12)3-7(6)13-4-9;7-4-1-5(8)10-2-3(4)6(9)11;8-4-1-5(9)7-2-3(4)6(10)11/h2*1-5,7H,6H2,(H2,14,18)(H,16,17);3-4,7H,1-2,5-6H2,(H,13,16);2*3-4,7H,1-2,5-6,13H2,(H,14,16);1-3H;1-2H,(H2,9,11);1-2H,(H,10,11)(H2,7,8,9). The second-order valence-electron chi connectivity index (χ2n) is 24.9. The molecule has 18 N–H and O–H groups in total. The van der Waals surface area contributed by atoms with Crippen molar-refractivity contribution in [2.75, 3.05) is 77.3 Å². The molecule has 0 aliphatic carbocycles. The van der Waals surface area contributed by atoms with Crippen LogP contribution in [0.25, 0.3) is 0 Å². The van der Waals surface area contributed by atoms with E-state index in [1.54, 1.807) is 51.6 Å². The fourth-order valence-corrected chi connectivity index (χ4v) is 11.0. The maximum Gasteiger partial charge on any atom is 0.340 e. The predicted molar refractivity (Wildman–Crippen MR) is 441 cm³/mol. The van der Waals surface area contributed by atoms with Gasteiger partial charge in [0.2, 0.25) is 0 Å². The number of urea groups is 3. The Kier molecular flexibility index (Phi) is 37.8. The van der Waals surface area contributed by atoms with Crippen molar-refractivity contribution in [1.29, 1.82) is 5.26 Å². The lowest BCUT2D eigenvalue weighted by molar-refractivity contribution is -0.385. The molecule has 9 heterocycles. The number of carboxylic acids is 1. The number of hydrogen-bond donors (Lipinski definition) is 13. The molecule has 3 fully saturated rings. The summed E-state index contributed by atoms with van der Waals surface area (Å²) in [4.78, 5) is 135. The third-order valence-corrected chi connectivity index (χ3v) is 17.2. The summed E-state index contributed by atoms with van der Waals surface area (Å²) in [5.74, 6) is -6.40. The van der Waals surface area contributed by atoms with Crippen molar-refractivity contribution in [2.45, 2.75) is 51.6 Å². The maximum atomic E-state index is 13.4. The Bertz CT molecular complexity index is 5230. The minimum absolute atomic E-state index is 0.136. The highest BCUT2D eigenvalue weighted by Crippen LogP contribution is 2.28. The monoisotopic (exact) mass is 1750 g/mol. The number of rotatable bonds is 16. The fourth-order valence-electron chi connectivity index (χ4n) is 10.2. The molecule has 634 valence electrons. The molecule has 10 aromatic rings. The van der Waals surface area contributed by atoms with Gasteiger partial charge in [0, 0.05) is 138 Å². The molecule has 6 aromatic heterocycles. The first kappa shape index (κ1) is 95.1. The van der Waals surface area contributed by atoms with Crippen LogP contribution in [0.15, 0.2) is 176 Å². The third kappa shape index (κ3) is 32.0. The number of aromatic carboxylic acids is 1. The van der Waals surface area contributed by atoms with Gasteiger partial charge in [-0.15, -0.1) is 5.26 Å². The summed E-state index contributed by atoms with van der Waals surface area (Å²) in [5, 5.41) is 60.7. The van der Waals surface area contributed by atoms with Crippen LogP contribution in [0.5, 0.6) is 11.5 Å². The number of carbonyl (C=O) groups excluding carboxylic acids is 6. The van der Waals surface area contributed by atoms with Gasteiger partial charge in [-0.1, -0.05) is 58.5 Å². The van der Waals surface area contributed by atoms with E-state index in [0.29, 0.717) is 70.4 Å². The Hall–Kier alpha value is -14.8. The van der Waals surface area contributed by atoms with Crippen LogP contribution >= 0.6 is 46.4 Å². The van der Waals surface area contributed by atoms with E-state index in [9.17, 15) is 76.1 Å². The van der Waals surface area contributed by atoms with Crippen LogP contribution < -0.4 is 65.5 Å². The number of nitrogens with two attached hydrogens (primary N) is 5.